The number of halogens is 1. The smallest absolute Gasteiger partial charge is 0.310 e. The molecule has 1 aromatic heterocycles. The fourth-order valence-corrected chi connectivity index (χ4v) is 2.18. The van der Waals surface area contributed by atoms with Crippen molar-refractivity contribution in [1.29, 1.82) is 0 Å². The van der Waals surface area contributed by atoms with Gasteiger partial charge in [-0.25, -0.2) is 4.98 Å². The molecule has 1 atom stereocenters. The summed E-state index contributed by atoms with van der Waals surface area (Å²) >= 11 is 5.75. The number of pyridine rings is 1. The molecule has 23 heavy (non-hydrogen) atoms. The lowest BCUT2D eigenvalue weighted by atomic mass is 10.1. The van der Waals surface area contributed by atoms with Gasteiger partial charge in [0.25, 0.3) is 5.91 Å². The molecule has 0 saturated carbocycles. The maximum absolute atomic E-state index is 12.6. The topological polar surface area (TPSA) is 68.7 Å². The Kier molecular flexibility index (Phi) is 8.58. The minimum Gasteiger partial charge on any atom is -0.469 e. The number of nitrogens with zero attached hydrogens (tertiary/aromatic N) is 2. The molecule has 0 aliphatic carbocycles. The van der Waals surface area contributed by atoms with E-state index in [0.717, 1.165) is 0 Å². The van der Waals surface area contributed by atoms with E-state index >= 15 is 0 Å². The van der Waals surface area contributed by atoms with E-state index in [0.29, 0.717) is 36.9 Å². The molecule has 0 aliphatic heterocycles. The number of aromatic nitrogens is 1. The number of amides is 1. The van der Waals surface area contributed by atoms with Gasteiger partial charge in [-0.1, -0.05) is 18.5 Å². The summed E-state index contributed by atoms with van der Waals surface area (Å²) in [6.07, 6.45) is 2.12. The van der Waals surface area contributed by atoms with Crippen molar-refractivity contribution in [3.63, 3.8) is 0 Å². The Morgan fingerprint density at radius 1 is 1.39 bits per heavy atom. The Morgan fingerprint density at radius 3 is 2.70 bits per heavy atom. The third-order valence-corrected chi connectivity index (χ3v) is 3.50. The van der Waals surface area contributed by atoms with Crippen molar-refractivity contribution in [2.45, 2.75) is 20.3 Å². The zero-order valence-corrected chi connectivity index (χ0v) is 14.5. The SMILES string of the molecule is CCOCCCN(C[C@@H](C)C(=O)OC)C(=O)c1ccc(Cl)nc1. The van der Waals surface area contributed by atoms with Crippen LogP contribution in [0.5, 0.6) is 0 Å². The highest BCUT2D eigenvalue weighted by atomic mass is 35.5. The van der Waals surface area contributed by atoms with Crippen LogP contribution in [-0.2, 0) is 14.3 Å². The molecule has 0 bridgehead atoms. The second kappa shape index (κ2) is 10.2. The second-order valence-electron chi connectivity index (χ2n) is 5.10. The molecule has 1 amide bonds. The van der Waals surface area contributed by atoms with Crippen molar-refractivity contribution in [3.8, 4) is 0 Å². The molecule has 0 spiro atoms. The molecule has 1 aromatic rings. The number of hydrogen-bond donors (Lipinski definition) is 0. The molecule has 1 heterocycles. The third kappa shape index (κ3) is 6.54. The summed E-state index contributed by atoms with van der Waals surface area (Å²) in [4.78, 5) is 29.8. The molecule has 1 rings (SSSR count). The van der Waals surface area contributed by atoms with Crippen LogP contribution in [0.4, 0.5) is 0 Å². The van der Waals surface area contributed by atoms with Gasteiger partial charge in [-0.05, 0) is 25.5 Å². The van der Waals surface area contributed by atoms with Crippen molar-refractivity contribution >= 4 is 23.5 Å². The molecular formula is C16H23ClN2O4. The summed E-state index contributed by atoms with van der Waals surface area (Å²) in [5.41, 5.74) is 0.433. The summed E-state index contributed by atoms with van der Waals surface area (Å²) in [5, 5.41) is 0.326. The molecule has 7 heteroatoms. The average Bonchev–Trinajstić information content (AvgIpc) is 2.56. The number of hydrogen-bond acceptors (Lipinski definition) is 5. The maximum Gasteiger partial charge on any atom is 0.310 e. The van der Waals surface area contributed by atoms with Crippen molar-refractivity contribution < 1.29 is 19.1 Å². The van der Waals surface area contributed by atoms with Crippen LogP contribution in [0.1, 0.15) is 30.6 Å². The Labute approximate surface area is 141 Å². The van der Waals surface area contributed by atoms with Gasteiger partial charge in [0.2, 0.25) is 0 Å². The normalized spacial score (nSPS) is 11.8. The average molecular weight is 343 g/mol. The summed E-state index contributed by atoms with van der Waals surface area (Å²) < 4.78 is 10.0. The van der Waals surface area contributed by atoms with Crippen LogP contribution in [0, 0.1) is 5.92 Å². The number of rotatable bonds is 9. The summed E-state index contributed by atoms with van der Waals surface area (Å²) in [5.74, 6) is -0.945. The lowest BCUT2D eigenvalue weighted by Gasteiger charge is -2.25. The van der Waals surface area contributed by atoms with Gasteiger partial charge in [-0.3, -0.25) is 9.59 Å². The maximum atomic E-state index is 12.6. The molecule has 0 aromatic carbocycles. The van der Waals surface area contributed by atoms with E-state index in [1.165, 1.54) is 13.3 Å². The van der Waals surface area contributed by atoms with Gasteiger partial charge in [0, 0.05) is 32.5 Å². The van der Waals surface area contributed by atoms with E-state index in [1.807, 2.05) is 6.92 Å². The summed E-state index contributed by atoms with van der Waals surface area (Å²) in [6.45, 7) is 5.61. The van der Waals surface area contributed by atoms with Gasteiger partial charge in [-0.15, -0.1) is 0 Å². The lowest BCUT2D eigenvalue weighted by Crippen LogP contribution is -2.38. The van der Waals surface area contributed by atoms with E-state index in [4.69, 9.17) is 21.1 Å². The summed E-state index contributed by atoms with van der Waals surface area (Å²) in [7, 11) is 1.34. The fourth-order valence-electron chi connectivity index (χ4n) is 2.07. The number of esters is 1. The number of carbonyl (C=O) groups is 2. The molecule has 6 nitrogen and oxygen atoms in total. The first-order valence-corrected chi connectivity index (χ1v) is 7.93. The zero-order chi connectivity index (χ0) is 17.2. The van der Waals surface area contributed by atoms with E-state index in [9.17, 15) is 9.59 Å². The minimum absolute atomic E-state index is 0.193. The number of carbonyl (C=O) groups excluding carboxylic acids is 2. The van der Waals surface area contributed by atoms with Crippen LogP contribution in [0.15, 0.2) is 18.3 Å². The van der Waals surface area contributed by atoms with Crippen LogP contribution in [0.2, 0.25) is 5.15 Å². The van der Waals surface area contributed by atoms with Gasteiger partial charge < -0.3 is 14.4 Å². The summed E-state index contributed by atoms with van der Waals surface area (Å²) in [6, 6.07) is 3.19. The van der Waals surface area contributed by atoms with E-state index in [2.05, 4.69) is 4.98 Å². The van der Waals surface area contributed by atoms with Crippen molar-refractivity contribution in [1.82, 2.24) is 9.88 Å². The predicted octanol–water partition coefficient (Wildman–Crippen LogP) is 2.41. The van der Waals surface area contributed by atoms with Crippen LogP contribution >= 0.6 is 11.6 Å². The highest BCUT2D eigenvalue weighted by Gasteiger charge is 2.22. The molecule has 0 radical (unpaired) electrons. The quantitative estimate of drug-likeness (QED) is 0.391. The van der Waals surface area contributed by atoms with Crippen molar-refractivity contribution in [3.05, 3.63) is 29.0 Å². The monoisotopic (exact) mass is 342 g/mol. The van der Waals surface area contributed by atoms with E-state index < -0.39 is 5.92 Å². The first kappa shape index (κ1) is 19.4. The lowest BCUT2D eigenvalue weighted by molar-refractivity contribution is -0.145. The molecule has 0 unspecified atom stereocenters. The Hall–Kier alpha value is -1.66. The van der Waals surface area contributed by atoms with Crippen molar-refractivity contribution in [2.75, 3.05) is 33.4 Å². The largest absolute Gasteiger partial charge is 0.469 e. The second-order valence-corrected chi connectivity index (χ2v) is 5.48. The Balaban J connectivity index is 2.77. The van der Waals surface area contributed by atoms with Crippen molar-refractivity contribution in [2.24, 2.45) is 5.92 Å². The van der Waals surface area contributed by atoms with Gasteiger partial charge in [0.15, 0.2) is 0 Å². The van der Waals surface area contributed by atoms with Gasteiger partial charge >= 0.3 is 5.97 Å². The van der Waals surface area contributed by atoms with Gasteiger partial charge in [-0.2, -0.15) is 0 Å². The Bertz CT molecular complexity index is 507. The Morgan fingerprint density at radius 2 is 2.13 bits per heavy atom. The molecule has 0 N–H and O–H groups in total. The van der Waals surface area contributed by atoms with Crippen LogP contribution in [-0.4, -0.2) is 55.2 Å². The third-order valence-electron chi connectivity index (χ3n) is 3.28. The van der Waals surface area contributed by atoms with Crippen LogP contribution in [0.25, 0.3) is 0 Å². The van der Waals surface area contributed by atoms with Gasteiger partial charge in [0.1, 0.15) is 5.15 Å². The fraction of sp³-hybridized carbons (Fsp3) is 0.562. The van der Waals surface area contributed by atoms with E-state index in [1.54, 1.807) is 24.0 Å². The van der Waals surface area contributed by atoms with Gasteiger partial charge in [0.05, 0.1) is 18.6 Å². The highest BCUT2D eigenvalue weighted by Crippen LogP contribution is 2.11. The standard InChI is InChI=1S/C16H23ClN2O4/c1-4-23-9-5-8-19(11-12(2)16(21)22-3)15(20)13-6-7-14(17)18-10-13/h6-7,10,12H,4-5,8-9,11H2,1-3H3/t12-/m1/s1. The molecule has 0 fully saturated rings. The molecular weight excluding hydrogens is 320 g/mol. The number of ether oxygens (including phenoxy) is 2. The molecule has 0 saturated heterocycles. The first-order chi connectivity index (χ1) is 11.0. The molecule has 128 valence electrons. The highest BCUT2D eigenvalue weighted by molar-refractivity contribution is 6.29. The first-order valence-electron chi connectivity index (χ1n) is 7.56. The zero-order valence-electron chi connectivity index (χ0n) is 13.8. The minimum atomic E-state index is -0.406. The van der Waals surface area contributed by atoms with Crippen LogP contribution in [0.3, 0.4) is 0 Å². The number of methoxy groups -OCH3 is 1. The van der Waals surface area contributed by atoms with E-state index in [-0.39, 0.29) is 18.4 Å². The predicted molar refractivity (Wildman–Crippen MR) is 87.4 cm³/mol. The molecule has 0 aliphatic rings. The van der Waals surface area contributed by atoms with Crippen LogP contribution < -0.4 is 0 Å².